The smallest absolute Gasteiger partial charge is 0.310 e. The lowest BCUT2D eigenvalue weighted by Gasteiger charge is -2.01. The number of carboxylic acid groups (broad SMARTS) is 1. The van der Waals surface area contributed by atoms with Gasteiger partial charge in [-0.05, 0) is 25.7 Å². The zero-order valence-corrected chi connectivity index (χ0v) is 12.2. The van der Waals surface area contributed by atoms with Crippen LogP contribution in [0.2, 0.25) is 0 Å². The Kier molecular flexibility index (Phi) is 12.5. The van der Waals surface area contributed by atoms with E-state index < -0.39 is 5.97 Å². The van der Waals surface area contributed by atoms with Crippen molar-refractivity contribution in [2.75, 3.05) is 0 Å². The highest BCUT2D eigenvalue weighted by Gasteiger charge is 2.06. The second kappa shape index (κ2) is 13.3. The van der Waals surface area contributed by atoms with E-state index in [0.29, 0.717) is 6.42 Å². The number of Topliss-reactive ketones (excluding diaryl/α,β-unsaturated/α-hetero) is 1. The van der Waals surface area contributed by atoms with Gasteiger partial charge < -0.3 is 5.11 Å². The van der Waals surface area contributed by atoms with Gasteiger partial charge in [-0.1, -0.05) is 51.2 Å². The van der Waals surface area contributed by atoms with E-state index in [-0.39, 0.29) is 12.2 Å². The van der Waals surface area contributed by atoms with E-state index in [4.69, 9.17) is 5.11 Å². The minimum absolute atomic E-state index is 0.143. The molecule has 0 atom stereocenters. The van der Waals surface area contributed by atoms with Crippen LogP contribution in [0.3, 0.4) is 0 Å². The van der Waals surface area contributed by atoms with Gasteiger partial charge in [-0.25, -0.2) is 0 Å². The molecule has 0 aromatic rings. The van der Waals surface area contributed by atoms with E-state index in [1.54, 1.807) is 0 Å². The SMILES string of the molecule is CCC=CCCCCCCCCCC(=O)CC(=O)O. The quantitative estimate of drug-likeness (QED) is 0.304. The zero-order valence-electron chi connectivity index (χ0n) is 12.2. The van der Waals surface area contributed by atoms with Gasteiger partial charge in [-0.15, -0.1) is 0 Å². The number of carbonyl (C=O) groups excluding carboxylic acids is 1. The summed E-state index contributed by atoms with van der Waals surface area (Å²) in [6.45, 7) is 2.15. The lowest BCUT2D eigenvalue weighted by molar-refractivity contribution is -0.140. The molecule has 0 aliphatic carbocycles. The second-order valence-corrected chi connectivity index (χ2v) is 5.00. The first-order chi connectivity index (χ1) is 9.16. The van der Waals surface area contributed by atoms with Crippen LogP contribution in [0.4, 0.5) is 0 Å². The molecule has 0 aliphatic rings. The van der Waals surface area contributed by atoms with Gasteiger partial charge in [0, 0.05) is 6.42 Å². The Hall–Kier alpha value is -1.12. The molecule has 0 aromatic heterocycles. The first kappa shape index (κ1) is 17.9. The van der Waals surface area contributed by atoms with Crippen LogP contribution in [0.25, 0.3) is 0 Å². The highest BCUT2D eigenvalue weighted by atomic mass is 16.4. The van der Waals surface area contributed by atoms with Crippen molar-refractivity contribution in [3.8, 4) is 0 Å². The van der Waals surface area contributed by atoms with Crippen LogP contribution in [0, 0.1) is 0 Å². The van der Waals surface area contributed by atoms with E-state index in [9.17, 15) is 9.59 Å². The molecule has 1 N–H and O–H groups in total. The van der Waals surface area contributed by atoms with Gasteiger partial charge in [0.15, 0.2) is 0 Å². The molecular formula is C16H28O3. The van der Waals surface area contributed by atoms with Crippen molar-refractivity contribution in [1.82, 2.24) is 0 Å². The Morgan fingerprint density at radius 2 is 1.47 bits per heavy atom. The largest absolute Gasteiger partial charge is 0.481 e. The van der Waals surface area contributed by atoms with Crippen LogP contribution in [0.5, 0.6) is 0 Å². The maximum Gasteiger partial charge on any atom is 0.310 e. The average Bonchev–Trinajstić information content (AvgIpc) is 2.35. The number of unbranched alkanes of at least 4 members (excludes halogenated alkanes) is 7. The molecule has 0 saturated carbocycles. The van der Waals surface area contributed by atoms with E-state index >= 15 is 0 Å². The summed E-state index contributed by atoms with van der Waals surface area (Å²) in [6, 6.07) is 0. The summed E-state index contributed by atoms with van der Waals surface area (Å²) in [5.74, 6) is -1.16. The topological polar surface area (TPSA) is 54.4 Å². The molecule has 0 unspecified atom stereocenters. The molecule has 0 saturated heterocycles. The van der Waals surface area contributed by atoms with Gasteiger partial charge in [0.2, 0.25) is 0 Å². The van der Waals surface area contributed by atoms with Crippen molar-refractivity contribution in [3.05, 3.63) is 12.2 Å². The number of hydrogen-bond acceptors (Lipinski definition) is 2. The summed E-state index contributed by atoms with van der Waals surface area (Å²) in [5.41, 5.74) is 0. The first-order valence-electron chi connectivity index (χ1n) is 7.55. The Bertz CT molecular complexity index is 269. The number of allylic oxidation sites excluding steroid dienone is 2. The molecule has 3 nitrogen and oxygen atoms in total. The van der Waals surface area contributed by atoms with Crippen molar-refractivity contribution in [3.63, 3.8) is 0 Å². The normalized spacial score (nSPS) is 11.0. The van der Waals surface area contributed by atoms with Crippen LogP contribution < -0.4 is 0 Å². The standard InChI is InChI=1S/C16H28O3/c1-2-3-4-5-6-7-8-9-10-11-12-13-15(17)14-16(18)19/h3-4H,2,5-14H2,1H3,(H,18,19). The minimum Gasteiger partial charge on any atom is -0.481 e. The molecule has 110 valence electrons. The van der Waals surface area contributed by atoms with E-state index in [1.807, 2.05) is 0 Å². The van der Waals surface area contributed by atoms with Gasteiger partial charge >= 0.3 is 5.97 Å². The lowest BCUT2D eigenvalue weighted by atomic mass is 10.1. The summed E-state index contributed by atoms with van der Waals surface area (Å²) >= 11 is 0. The average molecular weight is 268 g/mol. The minimum atomic E-state index is -1.01. The molecule has 3 heteroatoms. The molecule has 0 fully saturated rings. The Labute approximate surface area is 117 Å². The third-order valence-corrected chi connectivity index (χ3v) is 3.08. The van der Waals surface area contributed by atoms with E-state index in [0.717, 1.165) is 25.7 Å². The van der Waals surface area contributed by atoms with Crippen LogP contribution in [-0.2, 0) is 9.59 Å². The number of hydrogen-bond donors (Lipinski definition) is 1. The van der Waals surface area contributed by atoms with Gasteiger partial charge in [0.05, 0.1) is 0 Å². The van der Waals surface area contributed by atoms with Crippen LogP contribution in [0.1, 0.15) is 77.6 Å². The summed E-state index contributed by atoms with van der Waals surface area (Å²) in [4.78, 5) is 21.4. The van der Waals surface area contributed by atoms with Gasteiger partial charge in [0.25, 0.3) is 0 Å². The molecule has 0 amide bonds. The maximum atomic E-state index is 11.1. The van der Waals surface area contributed by atoms with Crippen LogP contribution >= 0.6 is 0 Å². The van der Waals surface area contributed by atoms with Crippen molar-refractivity contribution >= 4 is 11.8 Å². The van der Waals surface area contributed by atoms with E-state index in [2.05, 4.69) is 19.1 Å². The Balaban J connectivity index is 3.16. The third kappa shape index (κ3) is 14.8. The molecule has 0 heterocycles. The fraction of sp³-hybridized carbons (Fsp3) is 0.750. The third-order valence-electron chi connectivity index (χ3n) is 3.08. The number of aliphatic carboxylic acids is 1. The first-order valence-corrected chi connectivity index (χ1v) is 7.55. The number of carbonyl (C=O) groups is 2. The molecular weight excluding hydrogens is 240 g/mol. The van der Waals surface area contributed by atoms with Crippen molar-refractivity contribution in [2.24, 2.45) is 0 Å². The molecule has 0 aromatic carbocycles. The van der Waals surface area contributed by atoms with E-state index in [1.165, 1.54) is 32.1 Å². The fourth-order valence-corrected chi connectivity index (χ4v) is 2.01. The fourth-order valence-electron chi connectivity index (χ4n) is 2.01. The Morgan fingerprint density at radius 3 is 2.05 bits per heavy atom. The predicted molar refractivity (Wildman–Crippen MR) is 78.2 cm³/mol. The lowest BCUT2D eigenvalue weighted by Crippen LogP contribution is -2.05. The molecule has 0 spiro atoms. The molecule has 19 heavy (non-hydrogen) atoms. The molecule has 0 bridgehead atoms. The highest BCUT2D eigenvalue weighted by molar-refractivity contribution is 5.94. The molecule has 0 radical (unpaired) electrons. The zero-order chi connectivity index (χ0) is 14.3. The maximum absolute atomic E-state index is 11.1. The Morgan fingerprint density at radius 1 is 0.895 bits per heavy atom. The summed E-state index contributed by atoms with van der Waals surface area (Å²) in [5, 5.41) is 8.44. The predicted octanol–water partition coefficient (Wildman–Crippen LogP) is 4.51. The van der Waals surface area contributed by atoms with Gasteiger partial charge in [0.1, 0.15) is 12.2 Å². The monoisotopic (exact) mass is 268 g/mol. The molecule has 0 aliphatic heterocycles. The van der Waals surface area contributed by atoms with Crippen molar-refractivity contribution in [2.45, 2.75) is 77.6 Å². The number of rotatable bonds is 13. The summed E-state index contributed by atoms with van der Waals surface area (Å²) in [7, 11) is 0. The van der Waals surface area contributed by atoms with Crippen molar-refractivity contribution < 1.29 is 14.7 Å². The second-order valence-electron chi connectivity index (χ2n) is 5.00. The number of ketones is 1. The van der Waals surface area contributed by atoms with Crippen LogP contribution in [-0.4, -0.2) is 16.9 Å². The highest BCUT2D eigenvalue weighted by Crippen LogP contribution is 2.10. The summed E-state index contributed by atoms with van der Waals surface area (Å²) < 4.78 is 0. The van der Waals surface area contributed by atoms with Crippen molar-refractivity contribution in [1.29, 1.82) is 0 Å². The number of carboxylic acids is 1. The molecule has 0 rings (SSSR count). The van der Waals surface area contributed by atoms with Crippen LogP contribution in [0.15, 0.2) is 12.2 Å². The summed E-state index contributed by atoms with van der Waals surface area (Å²) in [6.07, 6.45) is 15.0. The van der Waals surface area contributed by atoms with Gasteiger partial charge in [-0.2, -0.15) is 0 Å². The van der Waals surface area contributed by atoms with Gasteiger partial charge in [-0.3, -0.25) is 9.59 Å².